The molecule has 0 saturated heterocycles. The monoisotopic (exact) mass is 255 g/mol. The molecule has 3 heteroatoms. The third kappa shape index (κ3) is 4.13. The Bertz CT molecular complexity index is 599. The molecule has 0 amide bonds. The van der Waals surface area contributed by atoms with Crippen LogP contribution in [-0.4, -0.2) is 6.61 Å². The van der Waals surface area contributed by atoms with Crippen molar-refractivity contribution in [2.75, 3.05) is 6.61 Å². The Morgan fingerprint density at radius 3 is 2.63 bits per heavy atom. The van der Waals surface area contributed by atoms with Crippen molar-refractivity contribution in [1.82, 2.24) is 0 Å². The van der Waals surface area contributed by atoms with E-state index in [0.717, 1.165) is 5.56 Å². The van der Waals surface area contributed by atoms with Crippen LogP contribution in [0.4, 0.5) is 4.39 Å². The van der Waals surface area contributed by atoms with Gasteiger partial charge in [0.2, 0.25) is 0 Å². The molecule has 0 aliphatic rings. The first kappa shape index (κ1) is 13.1. The van der Waals surface area contributed by atoms with Crippen LogP contribution in [0.5, 0.6) is 5.75 Å². The van der Waals surface area contributed by atoms with Crippen LogP contribution in [0.2, 0.25) is 0 Å². The van der Waals surface area contributed by atoms with Gasteiger partial charge in [0.25, 0.3) is 0 Å². The van der Waals surface area contributed by atoms with E-state index < -0.39 is 0 Å². The second-order valence-corrected chi connectivity index (χ2v) is 3.96. The van der Waals surface area contributed by atoms with E-state index in [4.69, 9.17) is 10.5 Å². The largest absolute Gasteiger partial charge is 0.481 e. The molecule has 2 nitrogen and oxygen atoms in total. The fourth-order valence-corrected chi connectivity index (χ4v) is 1.60. The van der Waals surface area contributed by atoms with E-state index in [1.807, 2.05) is 30.3 Å². The summed E-state index contributed by atoms with van der Waals surface area (Å²) in [5.41, 5.74) is 7.09. The molecule has 0 bridgehead atoms. The standard InChI is InChI=1S/C16H14FNO/c17-15-9-14(12-18)10-16(11-15)19-8-4-7-13-5-2-1-3-6-13/h1-3,5-6,9-11H,8,12,18H2. The number of benzene rings is 2. The molecular weight excluding hydrogens is 241 g/mol. The van der Waals surface area contributed by atoms with Crippen molar-refractivity contribution in [1.29, 1.82) is 0 Å². The Morgan fingerprint density at radius 2 is 1.89 bits per heavy atom. The van der Waals surface area contributed by atoms with Gasteiger partial charge in [-0.1, -0.05) is 30.0 Å². The van der Waals surface area contributed by atoms with Gasteiger partial charge >= 0.3 is 0 Å². The van der Waals surface area contributed by atoms with E-state index in [0.29, 0.717) is 11.3 Å². The van der Waals surface area contributed by atoms with Gasteiger partial charge in [0.15, 0.2) is 0 Å². The highest BCUT2D eigenvalue weighted by Crippen LogP contribution is 2.15. The van der Waals surface area contributed by atoms with Crippen molar-refractivity contribution in [3.63, 3.8) is 0 Å². The number of hydrogen-bond acceptors (Lipinski definition) is 2. The summed E-state index contributed by atoms with van der Waals surface area (Å²) < 4.78 is 18.6. The second-order valence-electron chi connectivity index (χ2n) is 3.96. The fraction of sp³-hybridized carbons (Fsp3) is 0.125. The number of rotatable bonds is 3. The topological polar surface area (TPSA) is 35.2 Å². The predicted octanol–water partition coefficient (Wildman–Crippen LogP) is 2.71. The molecule has 0 unspecified atom stereocenters. The van der Waals surface area contributed by atoms with Crippen LogP contribution in [0.15, 0.2) is 48.5 Å². The van der Waals surface area contributed by atoms with Gasteiger partial charge in [0.05, 0.1) is 0 Å². The molecule has 19 heavy (non-hydrogen) atoms. The summed E-state index contributed by atoms with van der Waals surface area (Å²) in [7, 11) is 0. The highest BCUT2D eigenvalue weighted by atomic mass is 19.1. The summed E-state index contributed by atoms with van der Waals surface area (Å²) in [6.07, 6.45) is 0. The normalized spacial score (nSPS) is 9.58. The molecular formula is C16H14FNO. The number of nitrogens with two attached hydrogens (primary N) is 1. The van der Waals surface area contributed by atoms with Gasteiger partial charge in [-0.2, -0.15) is 0 Å². The molecule has 2 aromatic rings. The molecule has 0 atom stereocenters. The van der Waals surface area contributed by atoms with Gasteiger partial charge in [-0.15, -0.1) is 0 Å². The van der Waals surface area contributed by atoms with Gasteiger partial charge in [0.1, 0.15) is 18.2 Å². The van der Waals surface area contributed by atoms with Crippen LogP contribution in [0.1, 0.15) is 11.1 Å². The van der Waals surface area contributed by atoms with Crippen LogP contribution >= 0.6 is 0 Å². The molecule has 0 saturated carbocycles. The first-order chi connectivity index (χ1) is 9.28. The summed E-state index contributed by atoms with van der Waals surface area (Å²) in [5.74, 6) is 5.94. The minimum absolute atomic E-state index is 0.211. The summed E-state index contributed by atoms with van der Waals surface area (Å²) in [6, 6.07) is 14.0. The Morgan fingerprint density at radius 1 is 1.11 bits per heavy atom. The summed E-state index contributed by atoms with van der Waals surface area (Å²) in [5, 5.41) is 0. The van der Waals surface area contributed by atoms with Crippen molar-refractivity contribution < 1.29 is 9.13 Å². The molecule has 2 N–H and O–H groups in total. The molecule has 0 fully saturated rings. The molecule has 0 radical (unpaired) electrons. The van der Waals surface area contributed by atoms with Gasteiger partial charge in [-0.25, -0.2) is 4.39 Å². The van der Waals surface area contributed by atoms with Gasteiger partial charge in [-0.05, 0) is 29.8 Å². The third-order valence-corrected chi connectivity index (χ3v) is 2.48. The van der Waals surface area contributed by atoms with E-state index in [1.165, 1.54) is 12.1 Å². The zero-order valence-corrected chi connectivity index (χ0v) is 10.4. The number of ether oxygens (including phenoxy) is 1. The smallest absolute Gasteiger partial charge is 0.149 e. The van der Waals surface area contributed by atoms with Crippen molar-refractivity contribution in [3.05, 3.63) is 65.5 Å². The highest BCUT2D eigenvalue weighted by Gasteiger charge is 1.99. The van der Waals surface area contributed by atoms with E-state index in [1.54, 1.807) is 6.07 Å². The predicted molar refractivity (Wildman–Crippen MR) is 73.1 cm³/mol. The average molecular weight is 255 g/mol. The lowest BCUT2D eigenvalue weighted by Gasteiger charge is -2.04. The lowest BCUT2D eigenvalue weighted by atomic mass is 10.2. The molecule has 2 rings (SSSR count). The maximum atomic E-state index is 13.2. The second kappa shape index (κ2) is 6.58. The molecule has 2 aromatic carbocycles. The van der Waals surface area contributed by atoms with Crippen LogP contribution in [0.3, 0.4) is 0 Å². The molecule has 0 aliphatic carbocycles. The third-order valence-electron chi connectivity index (χ3n) is 2.48. The van der Waals surface area contributed by atoms with Crippen LogP contribution in [0, 0.1) is 17.7 Å². The quantitative estimate of drug-likeness (QED) is 0.856. The molecule has 0 heterocycles. The fourth-order valence-electron chi connectivity index (χ4n) is 1.60. The van der Waals surface area contributed by atoms with Gasteiger partial charge in [0, 0.05) is 18.2 Å². The minimum Gasteiger partial charge on any atom is -0.481 e. The Balaban J connectivity index is 1.96. The molecule has 0 spiro atoms. The lowest BCUT2D eigenvalue weighted by Crippen LogP contribution is -2.00. The lowest BCUT2D eigenvalue weighted by molar-refractivity contribution is 0.367. The van der Waals surface area contributed by atoms with Crippen molar-refractivity contribution in [2.24, 2.45) is 5.73 Å². The summed E-state index contributed by atoms with van der Waals surface area (Å²) in [6.45, 7) is 0.492. The highest BCUT2D eigenvalue weighted by molar-refractivity contribution is 5.34. The van der Waals surface area contributed by atoms with Crippen LogP contribution in [0.25, 0.3) is 0 Å². The Labute approximate surface area is 112 Å². The van der Waals surface area contributed by atoms with E-state index >= 15 is 0 Å². The average Bonchev–Trinajstić information content (AvgIpc) is 2.44. The van der Waals surface area contributed by atoms with E-state index in [2.05, 4.69) is 11.8 Å². The van der Waals surface area contributed by atoms with E-state index in [9.17, 15) is 4.39 Å². The van der Waals surface area contributed by atoms with Gasteiger partial charge < -0.3 is 10.5 Å². The van der Waals surface area contributed by atoms with Gasteiger partial charge in [-0.3, -0.25) is 0 Å². The summed E-state index contributed by atoms with van der Waals surface area (Å²) in [4.78, 5) is 0. The van der Waals surface area contributed by atoms with Crippen molar-refractivity contribution in [3.8, 4) is 17.6 Å². The zero-order valence-electron chi connectivity index (χ0n) is 10.4. The van der Waals surface area contributed by atoms with Crippen LogP contribution in [-0.2, 0) is 6.54 Å². The summed E-state index contributed by atoms with van der Waals surface area (Å²) >= 11 is 0. The maximum absolute atomic E-state index is 13.2. The minimum atomic E-state index is -0.353. The molecule has 0 aromatic heterocycles. The number of hydrogen-bond donors (Lipinski definition) is 1. The van der Waals surface area contributed by atoms with Crippen molar-refractivity contribution in [2.45, 2.75) is 6.54 Å². The first-order valence-corrected chi connectivity index (χ1v) is 5.94. The van der Waals surface area contributed by atoms with Crippen LogP contribution < -0.4 is 10.5 Å². The SMILES string of the molecule is NCc1cc(F)cc(OCC#Cc2ccccc2)c1. The molecule has 0 aliphatic heterocycles. The zero-order chi connectivity index (χ0) is 13.5. The van der Waals surface area contributed by atoms with E-state index in [-0.39, 0.29) is 19.0 Å². The van der Waals surface area contributed by atoms with Crippen molar-refractivity contribution >= 4 is 0 Å². The Hall–Kier alpha value is -2.31. The Kier molecular flexibility index (Phi) is 4.54. The number of halogens is 1. The maximum Gasteiger partial charge on any atom is 0.149 e. The molecule has 96 valence electrons. The first-order valence-electron chi connectivity index (χ1n) is 5.94.